The number of nitrogens with zero attached hydrogens (tertiary/aromatic N) is 3. The van der Waals surface area contributed by atoms with Gasteiger partial charge in [-0.15, -0.1) is 0 Å². The van der Waals surface area contributed by atoms with Crippen LogP contribution in [0.3, 0.4) is 0 Å². The predicted molar refractivity (Wildman–Crippen MR) is 161 cm³/mol. The van der Waals surface area contributed by atoms with Gasteiger partial charge in [0.2, 0.25) is 0 Å². The van der Waals surface area contributed by atoms with Crippen molar-refractivity contribution in [3.8, 4) is 0 Å². The summed E-state index contributed by atoms with van der Waals surface area (Å²) in [4.78, 5) is 19.3. The van der Waals surface area contributed by atoms with Gasteiger partial charge in [-0.3, -0.25) is 9.69 Å². The number of hydrogen-bond acceptors (Lipinski definition) is 4. The van der Waals surface area contributed by atoms with E-state index < -0.39 is 0 Å². The Hall–Kier alpha value is -3.89. The summed E-state index contributed by atoms with van der Waals surface area (Å²) < 4.78 is 0. The molecule has 4 nitrogen and oxygen atoms in total. The van der Waals surface area contributed by atoms with E-state index in [2.05, 4.69) is 112 Å². The Morgan fingerprint density at radius 2 is 1.28 bits per heavy atom. The number of aldehydes is 1. The standard InChI is InChI=1S/C35H37N3O/c39-27-28-15-16-34(38-20-17-29-9-7-8-14-32(29)26-38)35(25-28)37-23-21-36(22-24-37)19-18-33(30-10-3-1-4-11-30)31-12-5-2-6-13-31/h1-16,25,27,33H,17-24,26H2. The molecule has 0 saturated carbocycles. The van der Waals surface area contributed by atoms with E-state index in [4.69, 9.17) is 0 Å². The van der Waals surface area contributed by atoms with E-state index in [0.29, 0.717) is 5.92 Å². The highest BCUT2D eigenvalue weighted by Crippen LogP contribution is 2.35. The minimum atomic E-state index is 0.406. The molecule has 4 aromatic rings. The Morgan fingerprint density at radius 3 is 1.95 bits per heavy atom. The molecule has 1 saturated heterocycles. The van der Waals surface area contributed by atoms with Crippen LogP contribution in [-0.4, -0.2) is 50.5 Å². The summed E-state index contributed by atoms with van der Waals surface area (Å²) in [6, 6.07) is 36.8. The number of benzene rings is 4. The topological polar surface area (TPSA) is 26.8 Å². The van der Waals surface area contributed by atoms with Crippen LogP contribution in [0.15, 0.2) is 103 Å². The smallest absolute Gasteiger partial charge is 0.150 e. The van der Waals surface area contributed by atoms with Crippen LogP contribution in [0.5, 0.6) is 0 Å². The third-order valence-electron chi connectivity index (χ3n) is 8.46. The summed E-state index contributed by atoms with van der Waals surface area (Å²) in [6.45, 7) is 7.01. The minimum absolute atomic E-state index is 0.406. The molecule has 2 aliphatic heterocycles. The lowest BCUT2D eigenvalue weighted by atomic mass is 9.88. The fourth-order valence-corrected chi connectivity index (χ4v) is 6.26. The molecule has 198 valence electrons. The molecular formula is C35H37N3O. The van der Waals surface area contributed by atoms with Gasteiger partial charge in [0.05, 0.1) is 11.4 Å². The van der Waals surface area contributed by atoms with Crippen LogP contribution in [0.4, 0.5) is 11.4 Å². The van der Waals surface area contributed by atoms with Gasteiger partial charge >= 0.3 is 0 Å². The van der Waals surface area contributed by atoms with Gasteiger partial charge in [-0.1, -0.05) is 84.9 Å². The Kier molecular flexibility index (Phi) is 7.73. The summed E-state index contributed by atoms with van der Waals surface area (Å²) in [5.74, 6) is 0.406. The lowest BCUT2D eigenvalue weighted by Gasteiger charge is -2.40. The van der Waals surface area contributed by atoms with Gasteiger partial charge in [-0.05, 0) is 59.8 Å². The Labute approximate surface area is 232 Å². The first kappa shape index (κ1) is 25.4. The van der Waals surface area contributed by atoms with Gasteiger partial charge in [0, 0.05) is 50.7 Å². The molecular weight excluding hydrogens is 478 g/mol. The highest BCUT2D eigenvalue weighted by molar-refractivity contribution is 5.83. The van der Waals surface area contributed by atoms with Crippen molar-refractivity contribution in [2.45, 2.75) is 25.3 Å². The summed E-state index contributed by atoms with van der Waals surface area (Å²) >= 11 is 0. The zero-order chi connectivity index (χ0) is 26.4. The number of piperazine rings is 1. The molecule has 0 unspecified atom stereocenters. The molecule has 2 aliphatic rings. The van der Waals surface area contributed by atoms with Crippen molar-refractivity contribution >= 4 is 17.7 Å². The molecule has 0 amide bonds. The van der Waals surface area contributed by atoms with E-state index in [1.54, 1.807) is 0 Å². The maximum absolute atomic E-state index is 11.7. The summed E-state index contributed by atoms with van der Waals surface area (Å²) in [7, 11) is 0. The van der Waals surface area contributed by atoms with Gasteiger partial charge < -0.3 is 9.80 Å². The summed E-state index contributed by atoms with van der Waals surface area (Å²) in [5, 5.41) is 0. The lowest BCUT2D eigenvalue weighted by molar-refractivity contribution is 0.112. The van der Waals surface area contributed by atoms with Crippen LogP contribution in [-0.2, 0) is 13.0 Å². The predicted octanol–water partition coefficient (Wildman–Crippen LogP) is 6.41. The van der Waals surface area contributed by atoms with Crippen molar-refractivity contribution in [1.29, 1.82) is 0 Å². The van der Waals surface area contributed by atoms with Gasteiger partial charge in [0.25, 0.3) is 0 Å². The number of hydrogen-bond donors (Lipinski definition) is 0. The maximum Gasteiger partial charge on any atom is 0.150 e. The molecule has 4 heteroatoms. The highest BCUT2D eigenvalue weighted by atomic mass is 16.1. The Balaban J connectivity index is 1.14. The quantitative estimate of drug-likeness (QED) is 0.254. The Morgan fingerprint density at radius 1 is 0.641 bits per heavy atom. The SMILES string of the molecule is O=Cc1ccc(N2CCc3ccccc3C2)c(N2CCN(CCC(c3ccccc3)c3ccccc3)CC2)c1. The number of carbonyl (C=O) groups excluding carboxylic acids is 1. The fourth-order valence-electron chi connectivity index (χ4n) is 6.26. The highest BCUT2D eigenvalue weighted by Gasteiger charge is 2.25. The third kappa shape index (κ3) is 5.76. The van der Waals surface area contributed by atoms with Gasteiger partial charge in [-0.25, -0.2) is 0 Å². The molecule has 39 heavy (non-hydrogen) atoms. The summed E-state index contributed by atoms with van der Waals surface area (Å²) in [6.07, 6.45) is 3.14. The average molecular weight is 516 g/mol. The molecule has 1 fully saturated rings. The van der Waals surface area contributed by atoms with Crippen molar-refractivity contribution in [2.24, 2.45) is 0 Å². The molecule has 4 aromatic carbocycles. The van der Waals surface area contributed by atoms with E-state index in [-0.39, 0.29) is 0 Å². The largest absolute Gasteiger partial charge is 0.367 e. The van der Waals surface area contributed by atoms with Crippen LogP contribution in [0.2, 0.25) is 0 Å². The van der Waals surface area contributed by atoms with Crippen LogP contribution >= 0.6 is 0 Å². The van der Waals surface area contributed by atoms with Crippen molar-refractivity contribution in [1.82, 2.24) is 4.90 Å². The van der Waals surface area contributed by atoms with Crippen molar-refractivity contribution < 1.29 is 4.79 Å². The van der Waals surface area contributed by atoms with Crippen LogP contribution in [0.1, 0.15) is 45.0 Å². The van der Waals surface area contributed by atoms with E-state index in [1.807, 2.05) is 6.07 Å². The average Bonchev–Trinajstić information content (AvgIpc) is 3.02. The monoisotopic (exact) mass is 515 g/mol. The second-order valence-corrected chi connectivity index (χ2v) is 10.8. The van der Waals surface area contributed by atoms with Crippen molar-refractivity contribution in [2.75, 3.05) is 49.1 Å². The normalized spacial score (nSPS) is 15.8. The molecule has 6 rings (SSSR count). The third-order valence-corrected chi connectivity index (χ3v) is 8.46. The number of anilines is 2. The fraction of sp³-hybridized carbons (Fsp3) is 0.286. The zero-order valence-corrected chi connectivity index (χ0v) is 22.6. The number of fused-ring (bicyclic) bond motifs is 1. The number of rotatable bonds is 8. The second kappa shape index (κ2) is 11.9. The molecule has 2 heterocycles. The molecule has 0 aliphatic carbocycles. The van der Waals surface area contributed by atoms with Gasteiger partial charge in [0.15, 0.2) is 0 Å². The first-order chi connectivity index (χ1) is 19.3. The van der Waals surface area contributed by atoms with Gasteiger partial charge in [0.1, 0.15) is 6.29 Å². The molecule has 0 aromatic heterocycles. The van der Waals surface area contributed by atoms with Gasteiger partial charge in [-0.2, -0.15) is 0 Å². The second-order valence-electron chi connectivity index (χ2n) is 10.8. The minimum Gasteiger partial charge on any atom is -0.367 e. The first-order valence-corrected chi connectivity index (χ1v) is 14.3. The molecule has 0 bridgehead atoms. The van der Waals surface area contributed by atoms with E-state index in [1.165, 1.54) is 33.6 Å². The van der Waals surface area contributed by atoms with Crippen molar-refractivity contribution in [3.63, 3.8) is 0 Å². The molecule has 0 spiro atoms. The Bertz CT molecular complexity index is 1340. The number of carbonyl (C=O) groups is 1. The van der Waals surface area contributed by atoms with Crippen LogP contribution in [0, 0.1) is 0 Å². The van der Waals surface area contributed by atoms with Crippen LogP contribution < -0.4 is 9.80 Å². The summed E-state index contributed by atoms with van der Waals surface area (Å²) in [5.41, 5.74) is 8.84. The van der Waals surface area contributed by atoms with E-state index in [0.717, 1.165) is 70.5 Å². The van der Waals surface area contributed by atoms with E-state index in [9.17, 15) is 4.79 Å². The molecule has 0 atom stereocenters. The maximum atomic E-state index is 11.7. The first-order valence-electron chi connectivity index (χ1n) is 14.3. The van der Waals surface area contributed by atoms with E-state index >= 15 is 0 Å². The lowest BCUT2D eigenvalue weighted by Crippen LogP contribution is -2.47. The molecule has 0 radical (unpaired) electrons. The van der Waals surface area contributed by atoms with Crippen molar-refractivity contribution in [3.05, 3.63) is 131 Å². The zero-order valence-electron chi connectivity index (χ0n) is 22.6. The van der Waals surface area contributed by atoms with Crippen LogP contribution in [0.25, 0.3) is 0 Å². The molecule has 0 N–H and O–H groups in total.